The normalized spacial score (nSPS) is 18.5. The van der Waals surface area contributed by atoms with E-state index in [1.54, 1.807) is 0 Å². The molecule has 0 spiro atoms. The number of rotatable bonds is 6. The van der Waals surface area contributed by atoms with Crippen molar-refractivity contribution in [3.8, 4) is 0 Å². The second kappa shape index (κ2) is 8.48. The standard InChI is InChI=1S/C19H17F6N3O2S/c1-9-2-14(9)16(30)26-8-15(29)28-17-27-7-13(31-17)5-10-3-11(18(20,21)22)6-12(4-10)19(23,24)25/h3-4,6-7,9,14H,2,5,8H2,1H3,(H,26,30)(H,27,28,29). The van der Waals surface area contributed by atoms with Crippen molar-refractivity contribution in [1.29, 1.82) is 0 Å². The summed E-state index contributed by atoms with van der Waals surface area (Å²) in [4.78, 5) is 27.9. The summed E-state index contributed by atoms with van der Waals surface area (Å²) in [5.74, 6) is -0.555. The predicted octanol–water partition coefficient (Wildman–Crippen LogP) is 4.48. The Hall–Kier alpha value is -2.63. The van der Waals surface area contributed by atoms with Gasteiger partial charge in [-0.05, 0) is 36.1 Å². The zero-order chi connectivity index (χ0) is 23.0. The van der Waals surface area contributed by atoms with E-state index < -0.39 is 29.4 Å². The molecular weight excluding hydrogens is 448 g/mol. The molecule has 0 radical (unpaired) electrons. The van der Waals surface area contributed by atoms with Crippen LogP contribution in [0.2, 0.25) is 0 Å². The molecule has 0 bridgehead atoms. The molecule has 2 atom stereocenters. The minimum atomic E-state index is -4.93. The summed E-state index contributed by atoms with van der Waals surface area (Å²) in [5, 5.41) is 5.06. The number of amides is 2. The first kappa shape index (κ1) is 23.0. The number of nitrogens with zero attached hydrogens (tertiary/aromatic N) is 1. The zero-order valence-electron chi connectivity index (χ0n) is 16.0. The Morgan fingerprint density at radius 1 is 1.10 bits per heavy atom. The van der Waals surface area contributed by atoms with Gasteiger partial charge in [0.15, 0.2) is 5.13 Å². The van der Waals surface area contributed by atoms with Crippen LogP contribution in [0.4, 0.5) is 31.5 Å². The number of aromatic nitrogens is 1. The Morgan fingerprint density at radius 2 is 1.68 bits per heavy atom. The van der Waals surface area contributed by atoms with Gasteiger partial charge in [0.25, 0.3) is 0 Å². The lowest BCUT2D eigenvalue weighted by Gasteiger charge is -2.13. The first-order valence-electron chi connectivity index (χ1n) is 9.13. The second-order valence-corrected chi connectivity index (χ2v) is 8.42. The van der Waals surface area contributed by atoms with E-state index in [1.165, 1.54) is 6.20 Å². The highest BCUT2D eigenvalue weighted by atomic mass is 32.1. The molecule has 2 unspecified atom stereocenters. The van der Waals surface area contributed by atoms with Crippen LogP contribution in [0.3, 0.4) is 0 Å². The summed E-state index contributed by atoms with van der Waals surface area (Å²) in [6, 6.07) is 1.38. The van der Waals surface area contributed by atoms with E-state index in [4.69, 9.17) is 0 Å². The lowest BCUT2D eigenvalue weighted by molar-refractivity contribution is -0.143. The number of thiazole rings is 1. The Labute approximate surface area is 176 Å². The summed E-state index contributed by atoms with van der Waals surface area (Å²) >= 11 is 0.918. The third-order valence-electron chi connectivity index (χ3n) is 4.70. The summed E-state index contributed by atoms with van der Waals surface area (Å²) in [6.45, 7) is 1.66. The Kier molecular flexibility index (Phi) is 6.30. The fourth-order valence-corrected chi connectivity index (χ4v) is 3.78. The highest BCUT2D eigenvalue weighted by molar-refractivity contribution is 7.15. The largest absolute Gasteiger partial charge is 0.416 e. The molecule has 12 heteroatoms. The van der Waals surface area contributed by atoms with Crippen LogP contribution in [0.5, 0.6) is 0 Å². The van der Waals surface area contributed by atoms with Crippen molar-refractivity contribution < 1.29 is 35.9 Å². The highest BCUT2D eigenvalue weighted by Gasteiger charge is 2.39. The van der Waals surface area contributed by atoms with Gasteiger partial charge in [-0.15, -0.1) is 11.3 Å². The van der Waals surface area contributed by atoms with Crippen molar-refractivity contribution in [1.82, 2.24) is 10.3 Å². The molecule has 0 saturated heterocycles. The summed E-state index contributed by atoms with van der Waals surface area (Å²) < 4.78 is 77.8. The maximum absolute atomic E-state index is 13.0. The van der Waals surface area contributed by atoms with E-state index in [9.17, 15) is 35.9 Å². The van der Waals surface area contributed by atoms with Crippen LogP contribution in [0.25, 0.3) is 0 Å². The van der Waals surface area contributed by atoms with Crippen molar-refractivity contribution in [2.24, 2.45) is 11.8 Å². The van der Waals surface area contributed by atoms with Gasteiger partial charge in [0.1, 0.15) is 0 Å². The molecule has 31 heavy (non-hydrogen) atoms. The number of anilines is 1. The average molecular weight is 465 g/mol. The summed E-state index contributed by atoms with van der Waals surface area (Å²) in [7, 11) is 0. The van der Waals surface area contributed by atoms with Gasteiger partial charge in [-0.2, -0.15) is 26.3 Å². The predicted molar refractivity (Wildman–Crippen MR) is 100 cm³/mol. The molecule has 1 aromatic carbocycles. The van der Waals surface area contributed by atoms with E-state index in [0.29, 0.717) is 22.9 Å². The Balaban J connectivity index is 1.65. The van der Waals surface area contributed by atoms with E-state index in [2.05, 4.69) is 15.6 Å². The molecule has 168 valence electrons. The topological polar surface area (TPSA) is 71.1 Å². The van der Waals surface area contributed by atoms with Gasteiger partial charge >= 0.3 is 12.4 Å². The Bertz CT molecular complexity index is 954. The molecule has 1 aliphatic rings. The molecule has 0 aliphatic heterocycles. The van der Waals surface area contributed by atoms with Crippen LogP contribution in [-0.4, -0.2) is 23.3 Å². The quantitative estimate of drug-likeness (QED) is 0.618. The number of carbonyl (C=O) groups is 2. The van der Waals surface area contributed by atoms with Gasteiger partial charge < -0.3 is 10.6 Å². The van der Waals surface area contributed by atoms with E-state index in [1.807, 2.05) is 6.92 Å². The maximum Gasteiger partial charge on any atom is 0.416 e. The van der Waals surface area contributed by atoms with Gasteiger partial charge in [-0.3, -0.25) is 9.59 Å². The molecule has 2 N–H and O–H groups in total. The first-order valence-corrected chi connectivity index (χ1v) is 9.95. The average Bonchev–Trinajstić information content (AvgIpc) is 3.23. The first-order chi connectivity index (χ1) is 14.3. The highest BCUT2D eigenvalue weighted by Crippen LogP contribution is 2.38. The fraction of sp³-hybridized carbons (Fsp3) is 0.421. The smallest absolute Gasteiger partial charge is 0.347 e. The minimum Gasteiger partial charge on any atom is -0.347 e. The number of alkyl halides is 6. The SMILES string of the molecule is CC1CC1C(=O)NCC(=O)Nc1ncc(Cc2cc(C(F)(F)F)cc(C(F)(F)F)c2)s1. The molecule has 5 nitrogen and oxygen atoms in total. The van der Waals surface area contributed by atoms with Crippen molar-refractivity contribution in [3.63, 3.8) is 0 Å². The van der Waals surface area contributed by atoms with Gasteiger partial charge in [0.2, 0.25) is 11.8 Å². The van der Waals surface area contributed by atoms with E-state index >= 15 is 0 Å². The maximum atomic E-state index is 13.0. The van der Waals surface area contributed by atoms with Crippen LogP contribution in [0.1, 0.15) is 34.9 Å². The Morgan fingerprint density at radius 3 is 2.19 bits per heavy atom. The van der Waals surface area contributed by atoms with Crippen molar-refractivity contribution in [2.75, 3.05) is 11.9 Å². The summed E-state index contributed by atoms with van der Waals surface area (Å²) in [6.07, 6.45) is -8.04. The third-order valence-corrected chi connectivity index (χ3v) is 5.61. The van der Waals surface area contributed by atoms with Gasteiger partial charge in [-0.25, -0.2) is 4.98 Å². The zero-order valence-corrected chi connectivity index (χ0v) is 16.8. The summed E-state index contributed by atoms with van der Waals surface area (Å²) in [5.41, 5.74) is -2.97. The number of benzene rings is 1. The third kappa shape index (κ3) is 6.18. The molecule has 1 aromatic heterocycles. The number of carbonyl (C=O) groups excluding carboxylic acids is 2. The molecule has 1 aliphatic carbocycles. The van der Waals surface area contributed by atoms with Crippen LogP contribution < -0.4 is 10.6 Å². The van der Waals surface area contributed by atoms with Crippen LogP contribution in [0, 0.1) is 11.8 Å². The van der Waals surface area contributed by atoms with E-state index in [0.717, 1.165) is 17.8 Å². The van der Waals surface area contributed by atoms with Gasteiger partial charge in [0, 0.05) is 23.4 Å². The molecular formula is C19H17F6N3O2S. The number of hydrogen-bond acceptors (Lipinski definition) is 4. The second-order valence-electron chi connectivity index (χ2n) is 7.31. The van der Waals surface area contributed by atoms with Gasteiger partial charge in [0.05, 0.1) is 17.7 Å². The van der Waals surface area contributed by atoms with Crippen molar-refractivity contribution in [2.45, 2.75) is 32.1 Å². The van der Waals surface area contributed by atoms with Crippen LogP contribution >= 0.6 is 11.3 Å². The van der Waals surface area contributed by atoms with Crippen molar-refractivity contribution in [3.05, 3.63) is 46.0 Å². The van der Waals surface area contributed by atoms with Crippen molar-refractivity contribution >= 4 is 28.3 Å². The van der Waals surface area contributed by atoms with Crippen LogP contribution in [0.15, 0.2) is 24.4 Å². The molecule has 1 saturated carbocycles. The molecule has 1 heterocycles. The monoisotopic (exact) mass is 465 g/mol. The van der Waals surface area contributed by atoms with E-state index in [-0.39, 0.29) is 41.6 Å². The number of halogens is 6. The molecule has 2 aromatic rings. The lowest BCUT2D eigenvalue weighted by atomic mass is 10.0. The van der Waals surface area contributed by atoms with Crippen LogP contribution in [-0.2, 0) is 28.4 Å². The molecule has 1 fully saturated rings. The number of hydrogen-bond donors (Lipinski definition) is 2. The fourth-order valence-electron chi connectivity index (χ4n) is 2.92. The minimum absolute atomic E-state index is 0.0680. The van der Waals surface area contributed by atoms with Gasteiger partial charge in [-0.1, -0.05) is 6.92 Å². The molecule has 3 rings (SSSR count). The molecule has 2 amide bonds. The number of nitrogens with one attached hydrogen (secondary N) is 2. The lowest BCUT2D eigenvalue weighted by Crippen LogP contribution is -2.34.